The number of ether oxygens (including phenoxy) is 2. The van der Waals surface area contributed by atoms with Crippen molar-refractivity contribution >= 4 is 11.4 Å². The van der Waals surface area contributed by atoms with Gasteiger partial charge < -0.3 is 20.9 Å². The molecule has 0 heterocycles. The Morgan fingerprint density at radius 1 is 0.520 bits per heavy atom. The van der Waals surface area contributed by atoms with Gasteiger partial charge in [0.1, 0.15) is 34.1 Å². The van der Waals surface area contributed by atoms with E-state index >= 15 is 0 Å². The van der Waals surface area contributed by atoms with Crippen LogP contribution in [0.5, 0.6) is 23.0 Å². The van der Waals surface area contributed by atoms with E-state index in [2.05, 4.69) is 0 Å². The van der Waals surface area contributed by atoms with E-state index in [1.165, 1.54) is 43.5 Å². The molecular weight excluding hydrogens is 654 g/mol. The topological polar surface area (TPSA) is 70.5 Å². The first kappa shape index (κ1) is 31.6. The molecule has 0 spiro atoms. The number of benzene rings is 4. The normalized spacial score (nSPS) is 30.1. The Balaban J connectivity index is 1.10. The Labute approximate surface area is 285 Å². The van der Waals surface area contributed by atoms with Gasteiger partial charge in [0.2, 0.25) is 0 Å². The maximum absolute atomic E-state index is 13.8. The van der Waals surface area contributed by atoms with Gasteiger partial charge in [0.25, 0.3) is 0 Å². The van der Waals surface area contributed by atoms with E-state index < -0.39 is 23.5 Å². The Bertz CT molecular complexity index is 1820. The molecular formula is C40H36F6N2O2. The molecule has 0 amide bonds. The molecule has 50 heavy (non-hydrogen) atoms. The Morgan fingerprint density at radius 2 is 0.920 bits per heavy atom. The minimum absolute atomic E-state index is 0.00212. The quantitative estimate of drug-likeness (QED) is 0.156. The van der Waals surface area contributed by atoms with Crippen LogP contribution in [0.3, 0.4) is 0 Å². The summed E-state index contributed by atoms with van der Waals surface area (Å²) in [4.78, 5) is 0. The molecule has 10 heteroatoms. The third kappa shape index (κ3) is 4.73. The van der Waals surface area contributed by atoms with Crippen LogP contribution < -0.4 is 20.9 Å². The molecule has 4 nitrogen and oxygen atoms in total. The van der Waals surface area contributed by atoms with Crippen LogP contribution in [0.1, 0.15) is 54.4 Å². The highest BCUT2D eigenvalue weighted by atomic mass is 19.4. The lowest BCUT2D eigenvalue weighted by molar-refractivity contribution is -0.232. The fourth-order valence-corrected chi connectivity index (χ4v) is 11.6. The monoisotopic (exact) mass is 690 g/mol. The van der Waals surface area contributed by atoms with Gasteiger partial charge >= 0.3 is 12.4 Å². The first-order chi connectivity index (χ1) is 23.8. The van der Waals surface area contributed by atoms with Gasteiger partial charge in [-0.3, -0.25) is 0 Å². The van der Waals surface area contributed by atoms with Gasteiger partial charge in [0.05, 0.1) is 0 Å². The number of hydrogen-bond acceptors (Lipinski definition) is 4. The number of alkyl halides is 6. The van der Waals surface area contributed by atoms with Crippen molar-refractivity contribution in [3.8, 4) is 23.0 Å². The van der Waals surface area contributed by atoms with Crippen molar-refractivity contribution in [2.75, 3.05) is 11.5 Å². The molecule has 7 saturated carbocycles. The minimum Gasteiger partial charge on any atom is -0.457 e. The molecule has 11 rings (SSSR count). The van der Waals surface area contributed by atoms with Crippen LogP contribution in [0.25, 0.3) is 0 Å². The van der Waals surface area contributed by atoms with Crippen LogP contribution in [0, 0.1) is 47.3 Å². The second-order valence-corrected chi connectivity index (χ2v) is 15.2. The van der Waals surface area contributed by atoms with Gasteiger partial charge in [0, 0.05) is 16.8 Å². The van der Waals surface area contributed by atoms with Crippen LogP contribution in [0.2, 0.25) is 0 Å². The third-order valence-electron chi connectivity index (χ3n) is 13.0. The minimum atomic E-state index is -4.63. The fourth-order valence-electron chi connectivity index (χ4n) is 11.6. The van der Waals surface area contributed by atoms with E-state index in [0.29, 0.717) is 35.5 Å². The molecule has 7 fully saturated rings. The zero-order valence-corrected chi connectivity index (χ0v) is 27.0. The molecule has 4 aromatic carbocycles. The maximum atomic E-state index is 13.8. The Kier molecular flexibility index (Phi) is 6.85. The van der Waals surface area contributed by atoms with Gasteiger partial charge in [-0.25, -0.2) is 0 Å². The molecule has 0 aromatic heterocycles. The summed E-state index contributed by atoms with van der Waals surface area (Å²) in [5.41, 5.74) is 11.3. The van der Waals surface area contributed by atoms with Gasteiger partial charge in [0.15, 0.2) is 0 Å². The van der Waals surface area contributed by atoms with E-state index in [1.807, 2.05) is 24.3 Å². The predicted octanol–water partition coefficient (Wildman–Crippen LogP) is 10.7. The van der Waals surface area contributed by atoms with Crippen LogP contribution in [-0.2, 0) is 17.8 Å². The highest BCUT2D eigenvalue weighted by Crippen LogP contribution is 2.77. The van der Waals surface area contributed by atoms with E-state index in [4.69, 9.17) is 20.9 Å². The molecule has 0 saturated heterocycles. The molecule has 4 atom stereocenters. The van der Waals surface area contributed by atoms with Gasteiger partial charge in [-0.1, -0.05) is 24.3 Å². The molecule has 8 bridgehead atoms. The van der Waals surface area contributed by atoms with Crippen molar-refractivity contribution < 1.29 is 35.8 Å². The molecule has 4 unspecified atom stereocenters. The molecule has 7 aliphatic carbocycles. The van der Waals surface area contributed by atoms with Crippen LogP contribution >= 0.6 is 0 Å². The van der Waals surface area contributed by atoms with Crippen LogP contribution in [0.15, 0.2) is 84.9 Å². The fraction of sp³-hybridized carbons (Fsp3) is 0.400. The summed E-state index contributed by atoms with van der Waals surface area (Å²) in [5.74, 6) is 4.89. The molecule has 4 aromatic rings. The summed E-state index contributed by atoms with van der Waals surface area (Å²) in [7, 11) is 0. The lowest BCUT2D eigenvalue weighted by Gasteiger charge is -2.75. The highest BCUT2D eigenvalue weighted by molar-refractivity contribution is 5.53. The van der Waals surface area contributed by atoms with Gasteiger partial charge in [-0.05, 0) is 151 Å². The first-order valence-corrected chi connectivity index (χ1v) is 17.3. The van der Waals surface area contributed by atoms with E-state index in [1.54, 1.807) is 24.3 Å². The zero-order chi connectivity index (χ0) is 34.7. The predicted molar refractivity (Wildman–Crippen MR) is 177 cm³/mol. The average Bonchev–Trinajstić information content (AvgIpc) is 3.08. The summed E-state index contributed by atoms with van der Waals surface area (Å²) in [5, 5.41) is 0. The Morgan fingerprint density at radius 3 is 1.34 bits per heavy atom. The second-order valence-electron chi connectivity index (χ2n) is 15.2. The molecule has 0 radical (unpaired) electrons. The van der Waals surface area contributed by atoms with Gasteiger partial charge in [-0.15, -0.1) is 0 Å². The van der Waals surface area contributed by atoms with Gasteiger partial charge in [-0.2, -0.15) is 26.3 Å². The first-order valence-electron chi connectivity index (χ1n) is 17.3. The maximum Gasteiger partial charge on any atom is 0.420 e. The van der Waals surface area contributed by atoms with Crippen molar-refractivity contribution in [2.24, 2.45) is 47.3 Å². The molecule has 4 N–H and O–H groups in total. The van der Waals surface area contributed by atoms with Crippen molar-refractivity contribution in [1.82, 2.24) is 0 Å². The third-order valence-corrected chi connectivity index (χ3v) is 13.0. The van der Waals surface area contributed by atoms with Crippen LogP contribution in [0.4, 0.5) is 37.7 Å². The number of nitrogens with two attached hydrogens (primary N) is 2. The summed E-state index contributed by atoms with van der Waals surface area (Å²) < 4.78 is 94.6. The molecule has 7 aliphatic rings. The lowest BCUT2D eigenvalue weighted by atomic mass is 9.29. The number of anilines is 2. The van der Waals surface area contributed by atoms with E-state index in [-0.39, 0.29) is 39.8 Å². The Hall–Kier alpha value is -4.34. The standard InChI is InChI=1S/C40H36F6N2O2/c41-39(42,43)33-18-24(47)5-11-35(33)49-26-7-1-21(2-8-26)38(23-16-29-28-13-20-14-31(29)37(38)32(15-20)30(28)17-23)22-3-9-27(10-4-22)50-36-12-6-25(48)19-34(36)40(44,45)46/h1-12,18-20,23,28-32,37H,13-17,47-48H2. The van der Waals surface area contributed by atoms with Crippen molar-refractivity contribution in [3.63, 3.8) is 0 Å². The SMILES string of the molecule is Nc1ccc(Oc2ccc(C3(c4ccc(Oc5ccc(N)cc5C(F)(F)F)cc4)C4CC5C6CC7CC5C3C(C7)C6C4)cc2)c(C(F)(F)F)c1. The van der Waals surface area contributed by atoms with Crippen LogP contribution in [-0.4, -0.2) is 0 Å². The van der Waals surface area contributed by atoms with Crippen molar-refractivity contribution in [1.29, 1.82) is 0 Å². The summed E-state index contributed by atoms with van der Waals surface area (Å²) in [6.45, 7) is 0. The van der Waals surface area contributed by atoms with Crippen molar-refractivity contribution in [3.05, 3.63) is 107 Å². The number of rotatable bonds is 6. The summed E-state index contributed by atoms with van der Waals surface area (Å²) in [6.07, 6.45) is -3.22. The van der Waals surface area contributed by atoms with Crippen molar-refractivity contribution in [2.45, 2.75) is 49.9 Å². The zero-order valence-electron chi connectivity index (χ0n) is 27.0. The highest BCUT2D eigenvalue weighted by Gasteiger charge is 2.71. The summed E-state index contributed by atoms with van der Waals surface area (Å²) >= 11 is 0. The lowest BCUT2D eigenvalue weighted by Crippen LogP contribution is -2.70. The number of hydrogen-bond donors (Lipinski definition) is 2. The molecule has 0 aliphatic heterocycles. The largest absolute Gasteiger partial charge is 0.457 e. The second kappa shape index (κ2) is 10.8. The van der Waals surface area contributed by atoms with E-state index in [0.717, 1.165) is 47.9 Å². The van der Waals surface area contributed by atoms with E-state index in [9.17, 15) is 26.3 Å². The molecule has 260 valence electrons. The smallest absolute Gasteiger partial charge is 0.420 e. The summed E-state index contributed by atoms with van der Waals surface area (Å²) in [6, 6.07) is 22.0. The number of nitrogen functional groups attached to an aromatic ring is 2. The average molecular weight is 691 g/mol. The number of halogens is 6.